The van der Waals surface area contributed by atoms with Gasteiger partial charge in [-0.3, -0.25) is 0 Å². The van der Waals surface area contributed by atoms with Crippen molar-refractivity contribution in [3.8, 4) is 11.1 Å². The monoisotopic (exact) mass is 467 g/mol. The maximum absolute atomic E-state index is 12.9. The van der Waals surface area contributed by atoms with Crippen LogP contribution in [-0.4, -0.2) is 32.5 Å². The van der Waals surface area contributed by atoms with Crippen LogP contribution >= 0.6 is 11.3 Å². The second-order valence-electron chi connectivity index (χ2n) is 7.26. The maximum atomic E-state index is 12.9. The highest BCUT2D eigenvalue weighted by atomic mass is 32.2. The summed E-state index contributed by atoms with van der Waals surface area (Å²) in [5.41, 5.74) is 0.136. The van der Waals surface area contributed by atoms with Crippen LogP contribution in [-0.2, 0) is 16.2 Å². The first-order chi connectivity index (χ1) is 14.7. The van der Waals surface area contributed by atoms with E-state index in [1.807, 2.05) is 5.38 Å². The van der Waals surface area contributed by atoms with E-state index in [1.54, 1.807) is 12.3 Å². The van der Waals surface area contributed by atoms with Gasteiger partial charge in [-0.05, 0) is 48.2 Å². The highest BCUT2D eigenvalue weighted by Crippen LogP contribution is 2.32. The van der Waals surface area contributed by atoms with E-state index >= 15 is 0 Å². The molecule has 1 atom stereocenters. The molecule has 0 radical (unpaired) electrons. The fraction of sp³-hybridized carbons (Fsp3) is 0.286. The number of alkyl halides is 3. The summed E-state index contributed by atoms with van der Waals surface area (Å²) in [6, 6.07) is 10.8. The Labute approximate surface area is 182 Å². The molecular weight excluding hydrogens is 447 g/mol. The van der Waals surface area contributed by atoms with E-state index in [2.05, 4.69) is 14.6 Å². The van der Waals surface area contributed by atoms with Gasteiger partial charge in [-0.1, -0.05) is 24.3 Å². The number of benzene rings is 2. The lowest BCUT2D eigenvalue weighted by Gasteiger charge is -2.24. The SMILES string of the molecule is O=S(=O)(NCC1CCCN1c1nccs1)c1ccc(-c2cccc(C(F)(F)F)c2)cc1. The summed E-state index contributed by atoms with van der Waals surface area (Å²) in [5, 5.41) is 2.77. The normalized spacial score (nSPS) is 17.3. The molecule has 31 heavy (non-hydrogen) atoms. The molecule has 10 heteroatoms. The van der Waals surface area contributed by atoms with Gasteiger partial charge in [0.05, 0.1) is 10.5 Å². The predicted molar refractivity (Wildman–Crippen MR) is 115 cm³/mol. The first-order valence-corrected chi connectivity index (χ1v) is 12.0. The smallest absolute Gasteiger partial charge is 0.344 e. The molecule has 2 heterocycles. The fourth-order valence-corrected chi connectivity index (χ4v) is 5.46. The highest BCUT2D eigenvalue weighted by Gasteiger charge is 2.30. The van der Waals surface area contributed by atoms with E-state index in [1.165, 1.54) is 41.7 Å². The molecule has 164 valence electrons. The minimum absolute atomic E-state index is 0.0327. The zero-order valence-corrected chi connectivity index (χ0v) is 18.0. The molecule has 0 aliphatic carbocycles. The van der Waals surface area contributed by atoms with Gasteiger partial charge in [-0.25, -0.2) is 18.1 Å². The molecular formula is C21H20F3N3O2S2. The molecule has 2 aromatic carbocycles. The third-order valence-corrected chi connectivity index (χ3v) is 7.49. The Balaban J connectivity index is 1.46. The van der Waals surface area contributed by atoms with Gasteiger partial charge in [-0.2, -0.15) is 13.2 Å². The number of nitrogens with one attached hydrogen (secondary N) is 1. The Hall–Kier alpha value is -2.43. The van der Waals surface area contributed by atoms with Crippen LogP contribution < -0.4 is 9.62 Å². The average molecular weight is 468 g/mol. The van der Waals surface area contributed by atoms with Gasteiger partial charge in [0.25, 0.3) is 0 Å². The van der Waals surface area contributed by atoms with Gasteiger partial charge in [0.15, 0.2) is 5.13 Å². The van der Waals surface area contributed by atoms with Crippen molar-refractivity contribution in [2.75, 3.05) is 18.0 Å². The van der Waals surface area contributed by atoms with Crippen molar-refractivity contribution < 1.29 is 21.6 Å². The standard InChI is InChI=1S/C21H20F3N3O2S2/c22-21(23,24)17-4-1-3-16(13-17)15-6-8-19(9-7-15)31(28,29)26-14-18-5-2-11-27(18)20-25-10-12-30-20/h1,3-4,6-10,12-13,18,26H,2,5,11,14H2. The molecule has 0 spiro atoms. The lowest BCUT2D eigenvalue weighted by molar-refractivity contribution is -0.137. The number of aromatic nitrogens is 1. The maximum Gasteiger partial charge on any atom is 0.416 e. The van der Waals surface area contributed by atoms with Crippen LogP contribution in [0.1, 0.15) is 18.4 Å². The zero-order valence-electron chi connectivity index (χ0n) is 16.3. The minimum atomic E-state index is -4.43. The molecule has 3 aromatic rings. The van der Waals surface area contributed by atoms with Gasteiger partial charge in [0.1, 0.15) is 0 Å². The number of nitrogens with zero attached hydrogens (tertiary/aromatic N) is 2. The van der Waals surface area contributed by atoms with E-state index in [0.717, 1.165) is 36.7 Å². The Morgan fingerprint density at radius 1 is 1.13 bits per heavy atom. The number of thiazole rings is 1. The van der Waals surface area contributed by atoms with Crippen LogP contribution in [0.4, 0.5) is 18.3 Å². The van der Waals surface area contributed by atoms with Gasteiger partial charge >= 0.3 is 6.18 Å². The van der Waals surface area contributed by atoms with Crippen LogP contribution in [0.25, 0.3) is 11.1 Å². The van der Waals surface area contributed by atoms with Gasteiger partial charge < -0.3 is 4.90 Å². The molecule has 1 saturated heterocycles. The van der Waals surface area contributed by atoms with Crippen molar-refractivity contribution >= 4 is 26.5 Å². The summed E-state index contributed by atoms with van der Waals surface area (Å²) in [4.78, 5) is 6.49. The largest absolute Gasteiger partial charge is 0.416 e. The second kappa shape index (κ2) is 8.60. The van der Waals surface area contributed by atoms with Gasteiger partial charge in [0.2, 0.25) is 10.0 Å². The van der Waals surface area contributed by atoms with E-state index in [4.69, 9.17) is 0 Å². The molecule has 1 aliphatic rings. The number of sulfonamides is 1. The van der Waals surface area contributed by atoms with E-state index in [-0.39, 0.29) is 17.5 Å². The summed E-state index contributed by atoms with van der Waals surface area (Å²) >= 11 is 1.52. The van der Waals surface area contributed by atoms with Gasteiger partial charge in [-0.15, -0.1) is 11.3 Å². The lowest BCUT2D eigenvalue weighted by Crippen LogP contribution is -2.40. The van der Waals surface area contributed by atoms with Crippen LogP contribution in [0.5, 0.6) is 0 Å². The first-order valence-electron chi connectivity index (χ1n) is 9.67. The molecule has 1 aliphatic heterocycles. The zero-order chi connectivity index (χ0) is 22.1. The summed E-state index contributed by atoms with van der Waals surface area (Å²) < 4.78 is 66.9. The molecule has 5 nitrogen and oxygen atoms in total. The predicted octanol–water partition coefficient (Wildman–Crippen LogP) is 4.78. The third kappa shape index (κ3) is 4.91. The molecule has 4 rings (SSSR count). The van der Waals surface area contributed by atoms with Crippen molar-refractivity contribution in [2.45, 2.75) is 30.0 Å². The summed E-state index contributed by atoms with van der Waals surface area (Å²) in [7, 11) is -3.74. The molecule has 0 saturated carbocycles. The van der Waals surface area contributed by atoms with E-state index in [9.17, 15) is 21.6 Å². The first kappa shape index (κ1) is 21.8. The second-order valence-corrected chi connectivity index (χ2v) is 9.90. The quantitative estimate of drug-likeness (QED) is 0.567. The fourth-order valence-electron chi connectivity index (χ4n) is 3.65. The molecule has 1 unspecified atom stereocenters. The van der Waals surface area contributed by atoms with Crippen LogP contribution in [0.15, 0.2) is 65.0 Å². The summed E-state index contributed by atoms with van der Waals surface area (Å²) in [5.74, 6) is 0. The lowest BCUT2D eigenvalue weighted by atomic mass is 10.0. The summed E-state index contributed by atoms with van der Waals surface area (Å²) in [6.07, 6.45) is -0.865. The summed E-state index contributed by atoms with van der Waals surface area (Å²) in [6.45, 7) is 1.10. The van der Waals surface area contributed by atoms with Crippen molar-refractivity contribution in [1.82, 2.24) is 9.71 Å². The van der Waals surface area contributed by atoms with Crippen LogP contribution in [0, 0.1) is 0 Å². The van der Waals surface area contributed by atoms with E-state index < -0.39 is 21.8 Å². The number of anilines is 1. The Morgan fingerprint density at radius 3 is 2.58 bits per heavy atom. The minimum Gasteiger partial charge on any atom is -0.344 e. The van der Waals surface area contributed by atoms with Crippen LogP contribution in [0.3, 0.4) is 0 Å². The van der Waals surface area contributed by atoms with Crippen molar-refractivity contribution in [1.29, 1.82) is 0 Å². The van der Waals surface area contributed by atoms with E-state index in [0.29, 0.717) is 11.1 Å². The molecule has 1 aromatic heterocycles. The number of rotatable bonds is 6. The van der Waals surface area contributed by atoms with Crippen molar-refractivity contribution in [2.24, 2.45) is 0 Å². The number of halogens is 3. The highest BCUT2D eigenvalue weighted by molar-refractivity contribution is 7.89. The molecule has 1 N–H and O–H groups in total. The third-order valence-electron chi connectivity index (χ3n) is 5.24. The van der Waals surface area contributed by atoms with Crippen molar-refractivity contribution in [3.63, 3.8) is 0 Å². The number of hydrogen-bond donors (Lipinski definition) is 1. The molecule has 1 fully saturated rings. The van der Waals surface area contributed by atoms with Crippen LogP contribution in [0.2, 0.25) is 0 Å². The van der Waals surface area contributed by atoms with Gasteiger partial charge in [0, 0.05) is 30.7 Å². The Morgan fingerprint density at radius 2 is 1.90 bits per heavy atom. The molecule has 0 amide bonds. The van der Waals surface area contributed by atoms with Crippen molar-refractivity contribution in [3.05, 3.63) is 65.7 Å². The Bertz CT molecular complexity index is 1130. The number of hydrogen-bond acceptors (Lipinski definition) is 5. The Kier molecular flexibility index (Phi) is 6.05. The topological polar surface area (TPSA) is 62.3 Å². The average Bonchev–Trinajstić information content (AvgIpc) is 3.43. The molecule has 0 bridgehead atoms.